The summed E-state index contributed by atoms with van der Waals surface area (Å²) in [5.41, 5.74) is 2.77. The van der Waals surface area contributed by atoms with Crippen LogP contribution in [0.3, 0.4) is 0 Å². The molecule has 0 aliphatic rings. The average Bonchev–Trinajstić information content (AvgIpc) is 2.24. The van der Waals surface area contributed by atoms with Crippen LogP contribution in [0.15, 0.2) is 24.3 Å². The van der Waals surface area contributed by atoms with Crippen LogP contribution in [-0.2, 0) is 6.54 Å². The summed E-state index contributed by atoms with van der Waals surface area (Å²) >= 11 is 0. The topological polar surface area (TPSA) is 6.48 Å². The Morgan fingerprint density at radius 3 is 2.44 bits per heavy atom. The molecule has 0 saturated heterocycles. The Morgan fingerprint density at radius 2 is 1.88 bits per heavy atom. The fourth-order valence-electron chi connectivity index (χ4n) is 1.76. The number of hydrogen-bond acceptors (Lipinski definition) is 2. The molecule has 90 valence electrons. The van der Waals surface area contributed by atoms with E-state index in [1.807, 2.05) is 0 Å². The van der Waals surface area contributed by atoms with Crippen molar-refractivity contribution in [3.63, 3.8) is 0 Å². The lowest BCUT2D eigenvalue weighted by Gasteiger charge is -2.22. The van der Waals surface area contributed by atoms with Gasteiger partial charge in [-0.05, 0) is 33.1 Å². The summed E-state index contributed by atoms with van der Waals surface area (Å²) in [6.45, 7) is 8.82. The summed E-state index contributed by atoms with van der Waals surface area (Å²) < 4.78 is 0. The molecule has 0 aliphatic carbocycles. The smallest absolute Gasteiger partial charge is 0.0234 e. The van der Waals surface area contributed by atoms with Crippen molar-refractivity contribution in [2.24, 2.45) is 0 Å². The summed E-state index contributed by atoms with van der Waals surface area (Å²) in [6, 6.07) is 8.79. The Hall–Kier alpha value is -0.860. The zero-order valence-corrected chi connectivity index (χ0v) is 11.0. The molecule has 0 aromatic heterocycles. The number of rotatable bonds is 6. The minimum atomic E-state index is 1.06. The molecule has 2 nitrogen and oxygen atoms in total. The van der Waals surface area contributed by atoms with Crippen LogP contribution in [-0.4, -0.2) is 43.5 Å². The Kier molecular flexibility index (Phi) is 5.50. The Morgan fingerprint density at radius 1 is 1.12 bits per heavy atom. The fraction of sp³-hybridized carbons (Fsp3) is 0.571. The van der Waals surface area contributed by atoms with E-state index in [2.05, 4.69) is 62.0 Å². The molecule has 1 aromatic carbocycles. The first-order valence-electron chi connectivity index (χ1n) is 6.04. The molecule has 16 heavy (non-hydrogen) atoms. The molecule has 0 N–H and O–H groups in total. The van der Waals surface area contributed by atoms with Gasteiger partial charge in [0.2, 0.25) is 0 Å². The van der Waals surface area contributed by atoms with Crippen LogP contribution >= 0.6 is 0 Å². The summed E-state index contributed by atoms with van der Waals surface area (Å²) in [5, 5.41) is 0. The maximum atomic E-state index is 2.48. The summed E-state index contributed by atoms with van der Waals surface area (Å²) in [5.74, 6) is 0. The molecule has 1 aromatic rings. The van der Waals surface area contributed by atoms with Gasteiger partial charge in [0.25, 0.3) is 0 Å². The third-order valence-electron chi connectivity index (χ3n) is 2.80. The molecule has 0 spiro atoms. The number of aryl methyl sites for hydroxylation is 1. The Labute approximate surface area is 99.9 Å². The monoisotopic (exact) mass is 220 g/mol. The maximum Gasteiger partial charge on any atom is 0.0234 e. The van der Waals surface area contributed by atoms with Crippen LogP contribution in [0.25, 0.3) is 0 Å². The van der Waals surface area contributed by atoms with Gasteiger partial charge >= 0.3 is 0 Å². The minimum absolute atomic E-state index is 1.06. The third-order valence-corrected chi connectivity index (χ3v) is 2.80. The van der Waals surface area contributed by atoms with E-state index in [0.29, 0.717) is 0 Å². The van der Waals surface area contributed by atoms with Crippen molar-refractivity contribution in [3.8, 4) is 0 Å². The molecular weight excluding hydrogens is 196 g/mol. The first-order chi connectivity index (χ1) is 7.61. The van der Waals surface area contributed by atoms with E-state index in [0.717, 1.165) is 26.2 Å². The molecule has 2 heteroatoms. The number of likely N-dealkylation sites (N-methyl/N-ethyl adjacent to an activating group) is 2. The van der Waals surface area contributed by atoms with Crippen molar-refractivity contribution in [2.45, 2.75) is 20.4 Å². The van der Waals surface area contributed by atoms with Gasteiger partial charge in [0, 0.05) is 19.6 Å². The van der Waals surface area contributed by atoms with E-state index in [4.69, 9.17) is 0 Å². The van der Waals surface area contributed by atoms with Crippen LogP contribution in [0.5, 0.6) is 0 Å². The molecule has 0 amide bonds. The molecule has 0 fully saturated rings. The summed E-state index contributed by atoms with van der Waals surface area (Å²) in [7, 11) is 4.25. The van der Waals surface area contributed by atoms with Crippen molar-refractivity contribution in [3.05, 3.63) is 35.4 Å². The fourth-order valence-corrected chi connectivity index (χ4v) is 1.76. The Bertz CT molecular complexity index is 307. The van der Waals surface area contributed by atoms with Gasteiger partial charge in [-0.2, -0.15) is 0 Å². The van der Waals surface area contributed by atoms with Gasteiger partial charge in [0.1, 0.15) is 0 Å². The van der Waals surface area contributed by atoms with Crippen molar-refractivity contribution in [1.29, 1.82) is 0 Å². The second kappa shape index (κ2) is 6.66. The van der Waals surface area contributed by atoms with Crippen LogP contribution in [0.4, 0.5) is 0 Å². The zero-order valence-electron chi connectivity index (χ0n) is 11.0. The molecule has 0 unspecified atom stereocenters. The molecule has 0 radical (unpaired) electrons. The van der Waals surface area contributed by atoms with Gasteiger partial charge in [-0.15, -0.1) is 0 Å². The average molecular weight is 220 g/mol. The van der Waals surface area contributed by atoms with Gasteiger partial charge in [0.05, 0.1) is 0 Å². The number of benzene rings is 1. The third kappa shape index (κ3) is 4.77. The SMILES string of the molecule is CCN(CCN(C)C)Cc1cccc(C)c1. The second-order valence-electron chi connectivity index (χ2n) is 4.66. The number of nitrogens with zero attached hydrogens (tertiary/aromatic N) is 2. The lowest BCUT2D eigenvalue weighted by molar-refractivity contribution is 0.244. The minimum Gasteiger partial charge on any atom is -0.308 e. The summed E-state index contributed by atoms with van der Waals surface area (Å²) in [4.78, 5) is 4.72. The predicted molar refractivity (Wildman–Crippen MR) is 70.7 cm³/mol. The molecule has 0 heterocycles. The van der Waals surface area contributed by atoms with Crippen LogP contribution in [0.2, 0.25) is 0 Å². The maximum absolute atomic E-state index is 2.48. The molecular formula is C14H24N2. The lowest BCUT2D eigenvalue weighted by atomic mass is 10.1. The van der Waals surface area contributed by atoms with Gasteiger partial charge in [-0.1, -0.05) is 36.8 Å². The van der Waals surface area contributed by atoms with Crippen LogP contribution < -0.4 is 0 Å². The molecule has 1 rings (SSSR count). The zero-order chi connectivity index (χ0) is 12.0. The Balaban J connectivity index is 2.49. The van der Waals surface area contributed by atoms with Gasteiger partial charge in [-0.25, -0.2) is 0 Å². The largest absolute Gasteiger partial charge is 0.308 e. The predicted octanol–water partition coefficient (Wildman–Crippen LogP) is 2.38. The van der Waals surface area contributed by atoms with Gasteiger partial charge in [-0.3, -0.25) is 4.90 Å². The van der Waals surface area contributed by atoms with E-state index in [9.17, 15) is 0 Å². The second-order valence-corrected chi connectivity index (χ2v) is 4.66. The number of hydrogen-bond donors (Lipinski definition) is 0. The van der Waals surface area contributed by atoms with Gasteiger partial charge < -0.3 is 4.90 Å². The highest BCUT2D eigenvalue weighted by molar-refractivity contribution is 5.22. The van der Waals surface area contributed by atoms with Crippen molar-refractivity contribution in [2.75, 3.05) is 33.7 Å². The van der Waals surface area contributed by atoms with E-state index >= 15 is 0 Å². The quantitative estimate of drug-likeness (QED) is 0.726. The van der Waals surface area contributed by atoms with E-state index in [1.54, 1.807) is 0 Å². The van der Waals surface area contributed by atoms with Crippen molar-refractivity contribution in [1.82, 2.24) is 9.80 Å². The van der Waals surface area contributed by atoms with Gasteiger partial charge in [0.15, 0.2) is 0 Å². The van der Waals surface area contributed by atoms with E-state index in [-0.39, 0.29) is 0 Å². The molecule has 0 bridgehead atoms. The standard InChI is InChI=1S/C14H24N2/c1-5-16(10-9-15(3)4)12-14-8-6-7-13(2)11-14/h6-8,11H,5,9-10,12H2,1-4H3. The van der Waals surface area contributed by atoms with E-state index in [1.165, 1.54) is 11.1 Å². The van der Waals surface area contributed by atoms with Crippen LogP contribution in [0, 0.1) is 6.92 Å². The molecule has 0 aliphatic heterocycles. The summed E-state index contributed by atoms with van der Waals surface area (Å²) in [6.07, 6.45) is 0. The highest BCUT2D eigenvalue weighted by Crippen LogP contribution is 2.07. The molecule has 0 atom stereocenters. The lowest BCUT2D eigenvalue weighted by Crippen LogP contribution is -2.31. The van der Waals surface area contributed by atoms with Crippen molar-refractivity contribution >= 4 is 0 Å². The highest BCUT2D eigenvalue weighted by Gasteiger charge is 2.04. The van der Waals surface area contributed by atoms with E-state index < -0.39 is 0 Å². The molecule has 0 saturated carbocycles. The normalized spacial score (nSPS) is 11.4. The first kappa shape index (κ1) is 13.2. The van der Waals surface area contributed by atoms with Crippen molar-refractivity contribution < 1.29 is 0 Å². The van der Waals surface area contributed by atoms with Crippen LogP contribution in [0.1, 0.15) is 18.1 Å². The first-order valence-corrected chi connectivity index (χ1v) is 6.04. The highest BCUT2D eigenvalue weighted by atomic mass is 15.2.